The van der Waals surface area contributed by atoms with E-state index in [0.717, 1.165) is 0 Å². The molecular formula is C11H10F2N2O2. The van der Waals surface area contributed by atoms with Gasteiger partial charge in [-0.3, -0.25) is 9.78 Å². The Morgan fingerprint density at radius 1 is 1.65 bits per heavy atom. The van der Waals surface area contributed by atoms with E-state index < -0.39 is 18.1 Å². The lowest BCUT2D eigenvalue weighted by molar-refractivity contribution is -0.139. The Hall–Kier alpha value is -2.03. The van der Waals surface area contributed by atoms with Crippen molar-refractivity contribution in [3.8, 4) is 6.07 Å². The van der Waals surface area contributed by atoms with Gasteiger partial charge in [0.15, 0.2) is 0 Å². The molecule has 0 fully saturated rings. The number of nitrogens with zero attached hydrogens (tertiary/aromatic N) is 2. The van der Waals surface area contributed by atoms with Crippen molar-refractivity contribution in [1.29, 1.82) is 5.26 Å². The lowest BCUT2D eigenvalue weighted by Crippen LogP contribution is -2.09. The quantitative estimate of drug-likeness (QED) is 0.757. The summed E-state index contributed by atoms with van der Waals surface area (Å²) >= 11 is 0. The van der Waals surface area contributed by atoms with Crippen LogP contribution in [-0.4, -0.2) is 18.1 Å². The van der Waals surface area contributed by atoms with Crippen molar-refractivity contribution in [3.63, 3.8) is 0 Å². The van der Waals surface area contributed by atoms with Crippen LogP contribution < -0.4 is 0 Å². The number of rotatable bonds is 3. The van der Waals surface area contributed by atoms with E-state index in [2.05, 4.69) is 9.72 Å². The molecule has 0 atom stereocenters. The third-order valence-corrected chi connectivity index (χ3v) is 2.14. The molecule has 0 unspecified atom stereocenters. The van der Waals surface area contributed by atoms with Gasteiger partial charge in [-0.25, -0.2) is 8.78 Å². The van der Waals surface area contributed by atoms with Gasteiger partial charge < -0.3 is 4.74 Å². The number of alkyl halides is 2. The molecule has 0 saturated heterocycles. The van der Waals surface area contributed by atoms with E-state index in [4.69, 9.17) is 5.26 Å². The van der Waals surface area contributed by atoms with Crippen LogP contribution in [-0.2, 0) is 16.0 Å². The largest absolute Gasteiger partial charge is 0.469 e. The fraction of sp³-hybridized carbons (Fsp3) is 0.364. The van der Waals surface area contributed by atoms with Gasteiger partial charge >= 0.3 is 5.97 Å². The van der Waals surface area contributed by atoms with Crippen molar-refractivity contribution in [2.45, 2.75) is 19.8 Å². The van der Waals surface area contributed by atoms with Gasteiger partial charge in [0.05, 0.1) is 19.1 Å². The molecule has 1 aromatic rings. The zero-order valence-electron chi connectivity index (χ0n) is 9.33. The van der Waals surface area contributed by atoms with E-state index >= 15 is 0 Å². The van der Waals surface area contributed by atoms with Gasteiger partial charge in [0.2, 0.25) is 0 Å². The van der Waals surface area contributed by atoms with E-state index in [1.165, 1.54) is 20.1 Å². The van der Waals surface area contributed by atoms with Crippen LogP contribution in [0.1, 0.15) is 28.9 Å². The first-order chi connectivity index (χ1) is 7.99. The molecule has 0 N–H and O–H groups in total. The summed E-state index contributed by atoms with van der Waals surface area (Å²) in [6.45, 7) is 1.52. The minimum Gasteiger partial charge on any atom is -0.469 e. The molecule has 4 nitrogen and oxygen atoms in total. The predicted octanol–water partition coefficient (Wildman–Crippen LogP) is 1.91. The van der Waals surface area contributed by atoms with E-state index in [1.54, 1.807) is 6.07 Å². The van der Waals surface area contributed by atoms with Crippen LogP contribution in [0, 0.1) is 18.3 Å². The van der Waals surface area contributed by atoms with Crippen molar-refractivity contribution in [2.24, 2.45) is 0 Å². The fourth-order valence-electron chi connectivity index (χ4n) is 1.42. The number of esters is 1. The number of aromatic nitrogens is 1. The minimum atomic E-state index is -2.85. The second kappa shape index (κ2) is 5.34. The van der Waals surface area contributed by atoms with Crippen molar-refractivity contribution >= 4 is 5.97 Å². The maximum atomic E-state index is 12.7. The van der Waals surface area contributed by atoms with Crippen molar-refractivity contribution < 1.29 is 18.3 Å². The van der Waals surface area contributed by atoms with Crippen LogP contribution in [0.15, 0.2) is 6.07 Å². The summed E-state index contributed by atoms with van der Waals surface area (Å²) in [6, 6.07) is 3.08. The molecule has 0 aliphatic rings. The summed E-state index contributed by atoms with van der Waals surface area (Å²) in [5, 5.41) is 8.85. The summed E-state index contributed by atoms with van der Waals surface area (Å²) in [5.74, 6) is -0.590. The van der Waals surface area contributed by atoms with Crippen LogP contribution in [0.4, 0.5) is 8.78 Å². The zero-order chi connectivity index (χ0) is 13.0. The number of halogens is 2. The first-order valence-corrected chi connectivity index (χ1v) is 4.75. The highest BCUT2D eigenvalue weighted by Crippen LogP contribution is 2.24. The van der Waals surface area contributed by atoms with Crippen LogP contribution in [0.5, 0.6) is 0 Å². The number of methoxy groups -OCH3 is 1. The number of hydrogen-bond acceptors (Lipinski definition) is 4. The molecule has 0 spiro atoms. The molecule has 0 saturated carbocycles. The van der Waals surface area contributed by atoms with Gasteiger partial charge in [-0.15, -0.1) is 0 Å². The van der Waals surface area contributed by atoms with Crippen LogP contribution in [0.2, 0.25) is 0 Å². The Morgan fingerprint density at radius 2 is 2.29 bits per heavy atom. The van der Waals surface area contributed by atoms with Gasteiger partial charge in [0.25, 0.3) is 6.43 Å². The first-order valence-electron chi connectivity index (χ1n) is 4.75. The van der Waals surface area contributed by atoms with E-state index in [1.807, 2.05) is 0 Å². The molecular weight excluding hydrogens is 230 g/mol. The summed E-state index contributed by atoms with van der Waals surface area (Å²) < 4.78 is 29.8. The summed E-state index contributed by atoms with van der Waals surface area (Å²) in [6.07, 6.45) is -3.07. The van der Waals surface area contributed by atoms with Crippen LogP contribution in [0.25, 0.3) is 0 Å². The smallest absolute Gasteiger partial charge is 0.310 e. The number of pyridine rings is 1. The highest BCUT2D eigenvalue weighted by Gasteiger charge is 2.20. The third-order valence-electron chi connectivity index (χ3n) is 2.14. The van der Waals surface area contributed by atoms with Crippen LogP contribution >= 0.6 is 0 Å². The number of aryl methyl sites for hydroxylation is 1. The van der Waals surface area contributed by atoms with Crippen molar-refractivity contribution in [3.05, 3.63) is 28.6 Å². The van der Waals surface area contributed by atoms with Crippen molar-refractivity contribution in [2.75, 3.05) is 7.11 Å². The molecule has 17 heavy (non-hydrogen) atoms. The second-order valence-corrected chi connectivity index (χ2v) is 3.35. The summed E-state index contributed by atoms with van der Waals surface area (Å²) in [4.78, 5) is 14.7. The third kappa shape index (κ3) is 2.97. The lowest BCUT2D eigenvalue weighted by atomic mass is 10.0. The Kier molecular flexibility index (Phi) is 4.10. The average Bonchev–Trinajstić information content (AvgIpc) is 2.28. The molecule has 1 rings (SSSR count). The standard InChI is InChI=1S/C11H10F2N2O2/c1-6-3-7(4-9(16)17-2)8(5-14)10(15-6)11(12)13/h3,11H,4H2,1-2H3. The van der Waals surface area contributed by atoms with Gasteiger partial charge in [-0.2, -0.15) is 5.26 Å². The SMILES string of the molecule is COC(=O)Cc1cc(C)nc(C(F)F)c1C#N. The molecule has 90 valence electrons. The number of ether oxygens (including phenoxy) is 1. The second-order valence-electron chi connectivity index (χ2n) is 3.35. The molecule has 0 aromatic carbocycles. The molecule has 0 radical (unpaired) electrons. The Labute approximate surface area is 96.8 Å². The Morgan fingerprint density at radius 3 is 2.76 bits per heavy atom. The molecule has 0 amide bonds. The first kappa shape index (κ1) is 13.0. The fourth-order valence-corrected chi connectivity index (χ4v) is 1.42. The zero-order valence-corrected chi connectivity index (χ0v) is 9.33. The van der Waals surface area contributed by atoms with E-state index in [9.17, 15) is 13.6 Å². The monoisotopic (exact) mass is 240 g/mol. The topological polar surface area (TPSA) is 63.0 Å². The molecule has 1 aromatic heterocycles. The van der Waals surface area contributed by atoms with E-state index in [0.29, 0.717) is 5.69 Å². The maximum Gasteiger partial charge on any atom is 0.310 e. The van der Waals surface area contributed by atoms with E-state index in [-0.39, 0.29) is 17.5 Å². The summed E-state index contributed by atoms with van der Waals surface area (Å²) in [5.41, 5.74) is -0.303. The lowest BCUT2D eigenvalue weighted by Gasteiger charge is -2.08. The molecule has 0 bridgehead atoms. The van der Waals surface area contributed by atoms with Gasteiger partial charge in [-0.1, -0.05) is 0 Å². The van der Waals surface area contributed by atoms with Gasteiger partial charge in [0, 0.05) is 5.69 Å². The maximum absolute atomic E-state index is 12.7. The average molecular weight is 240 g/mol. The Bertz CT molecular complexity index is 481. The highest BCUT2D eigenvalue weighted by molar-refractivity contribution is 5.73. The molecule has 0 aliphatic carbocycles. The number of carbonyl (C=O) groups is 1. The summed E-state index contributed by atoms with van der Waals surface area (Å²) in [7, 11) is 1.19. The Balaban J connectivity index is 3.29. The highest BCUT2D eigenvalue weighted by atomic mass is 19.3. The van der Waals surface area contributed by atoms with Crippen molar-refractivity contribution in [1.82, 2.24) is 4.98 Å². The number of hydrogen-bond donors (Lipinski definition) is 0. The number of nitriles is 1. The normalized spacial score (nSPS) is 10.1. The molecule has 1 heterocycles. The minimum absolute atomic E-state index is 0.210. The number of carbonyl (C=O) groups excluding carboxylic acids is 1. The molecule has 6 heteroatoms. The van der Waals surface area contributed by atoms with Gasteiger partial charge in [0.1, 0.15) is 11.8 Å². The predicted molar refractivity (Wildman–Crippen MR) is 54.4 cm³/mol. The van der Waals surface area contributed by atoms with Crippen LogP contribution in [0.3, 0.4) is 0 Å². The molecule has 0 aliphatic heterocycles. The van der Waals surface area contributed by atoms with Gasteiger partial charge in [-0.05, 0) is 18.6 Å².